The maximum Gasteiger partial charge on any atom is 0.279 e. The highest BCUT2D eigenvalue weighted by atomic mass is 16.5. The van der Waals surface area contributed by atoms with E-state index in [9.17, 15) is 4.79 Å². The van der Waals surface area contributed by atoms with E-state index >= 15 is 0 Å². The molecule has 0 unspecified atom stereocenters. The van der Waals surface area contributed by atoms with E-state index in [1.807, 2.05) is 42.5 Å². The quantitative estimate of drug-likeness (QED) is 0.500. The van der Waals surface area contributed by atoms with Crippen molar-refractivity contribution in [1.82, 2.24) is 9.78 Å². The van der Waals surface area contributed by atoms with Crippen molar-refractivity contribution < 1.29 is 4.74 Å². The first-order valence-corrected chi connectivity index (χ1v) is 10.8. The van der Waals surface area contributed by atoms with Crippen molar-refractivity contribution in [2.24, 2.45) is 0 Å². The van der Waals surface area contributed by atoms with Crippen molar-refractivity contribution in [1.29, 1.82) is 0 Å². The number of fused-ring (bicyclic) bond motifs is 1. The van der Waals surface area contributed by atoms with Crippen LogP contribution in [0.2, 0.25) is 0 Å². The number of nitrogens with two attached hydrogens (primary N) is 1. The van der Waals surface area contributed by atoms with Crippen molar-refractivity contribution in [3.8, 4) is 16.9 Å². The molecule has 2 N–H and O–H groups in total. The van der Waals surface area contributed by atoms with E-state index in [0.29, 0.717) is 30.0 Å². The normalized spacial score (nSPS) is 14.1. The number of aromatic nitrogens is 2. The van der Waals surface area contributed by atoms with Crippen LogP contribution in [0, 0.1) is 13.8 Å². The lowest BCUT2D eigenvalue weighted by Crippen LogP contribution is -2.36. The van der Waals surface area contributed by atoms with Gasteiger partial charge in [0.25, 0.3) is 5.56 Å². The Morgan fingerprint density at radius 1 is 0.906 bits per heavy atom. The fraction of sp³-hybridized carbons (Fsp3) is 0.231. The van der Waals surface area contributed by atoms with Gasteiger partial charge in [0.05, 0.1) is 35.7 Å². The van der Waals surface area contributed by atoms with Crippen LogP contribution in [-0.2, 0) is 4.74 Å². The summed E-state index contributed by atoms with van der Waals surface area (Å²) in [4.78, 5) is 15.7. The SMILES string of the molecule is Cc1cc(C)cc(-c2nn(-c3cc(N4CCOCC4)ccc3N)c(=O)c3ccccc23)c1. The summed E-state index contributed by atoms with van der Waals surface area (Å²) in [5.74, 6) is 0. The van der Waals surface area contributed by atoms with E-state index in [1.54, 1.807) is 0 Å². The Morgan fingerprint density at radius 2 is 1.59 bits per heavy atom. The Hall–Kier alpha value is -3.64. The van der Waals surface area contributed by atoms with Crippen molar-refractivity contribution in [3.05, 3.63) is 82.1 Å². The van der Waals surface area contributed by atoms with Crippen molar-refractivity contribution in [2.75, 3.05) is 36.9 Å². The molecule has 1 aliphatic heterocycles. The third kappa shape index (κ3) is 3.63. The zero-order chi connectivity index (χ0) is 22.2. The molecular weight excluding hydrogens is 400 g/mol. The van der Waals surface area contributed by atoms with Gasteiger partial charge in [-0.15, -0.1) is 0 Å². The van der Waals surface area contributed by atoms with Crippen LogP contribution in [0.25, 0.3) is 27.7 Å². The zero-order valence-corrected chi connectivity index (χ0v) is 18.3. The number of nitrogen functional groups attached to an aromatic ring is 1. The molecule has 4 aromatic rings. The molecule has 0 atom stereocenters. The molecule has 2 heterocycles. The first-order chi connectivity index (χ1) is 15.5. The first kappa shape index (κ1) is 20.3. The monoisotopic (exact) mass is 426 g/mol. The van der Waals surface area contributed by atoms with Crippen LogP contribution in [-0.4, -0.2) is 36.1 Å². The molecule has 32 heavy (non-hydrogen) atoms. The zero-order valence-electron chi connectivity index (χ0n) is 18.3. The van der Waals surface area contributed by atoms with Crippen LogP contribution >= 0.6 is 0 Å². The maximum absolute atomic E-state index is 13.5. The van der Waals surface area contributed by atoms with Gasteiger partial charge in [-0.2, -0.15) is 9.78 Å². The third-order valence-electron chi connectivity index (χ3n) is 5.92. The predicted octanol–water partition coefficient (Wildman–Crippen LogP) is 4.09. The van der Waals surface area contributed by atoms with Gasteiger partial charge in [0.1, 0.15) is 0 Å². The molecule has 0 spiro atoms. The highest BCUT2D eigenvalue weighted by Gasteiger charge is 2.18. The molecular formula is C26H26N4O2. The molecule has 0 aliphatic carbocycles. The van der Waals surface area contributed by atoms with Gasteiger partial charge in [0, 0.05) is 29.7 Å². The third-order valence-corrected chi connectivity index (χ3v) is 5.92. The summed E-state index contributed by atoms with van der Waals surface area (Å²) < 4.78 is 6.93. The van der Waals surface area contributed by atoms with Crippen LogP contribution in [0.3, 0.4) is 0 Å². The Morgan fingerprint density at radius 3 is 2.31 bits per heavy atom. The summed E-state index contributed by atoms with van der Waals surface area (Å²) in [6.07, 6.45) is 0. The average molecular weight is 427 g/mol. The molecule has 0 radical (unpaired) electrons. The molecule has 5 rings (SSSR count). The second kappa shape index (κ2) is 8.13. The highest BCUT2D eigenvalue weighted by Crippen LogP contribution is 2.29. The van der Waals surface area contributed by atoms with Crippen molar-refractivity contribution >= 4 is 22.1 Å². The van der Waals surface area contributed by atoms with Crippen LogP contribution in [0.15, 0.2) is 65.5 Å². The molecule has 1 fully saturated rings. The smallest absolute Gasteiger partial charge is 0.279 e. The van der Waals surface area contributed by atoms with Crippen LogP contribution < -0.4 is 16.2 Å². The van der Waals surface area contributed by atoms with Gasteiger partial charge in [-0.25, -0.2) is 0 Å². The Labute approximate surface area is 186 Å². The molecule has 0 saturated carbocycles. The van der Waals surface area contributed by atoms with E-state index in [0.717, 1.165) is 46.5 Å². The molecule has 0 amide bonds. The summed E-state index contributed by atoms with van der Waals surface area (Å²) in [5, 5.41) is 6.30. The highest BCUT2D eigenvalue weighted by molar-refractivity contribution is 5.94. The largest absolute Gasteiger partial charge is 0.397 e. The van der Waals surface area contributed by atoms with Crippen LogP contribution in [0.1, 0.15) is 11.1 Å². The number of morpholine rings is 1. The molecule has 6 nitrogen and oxygen atoms in total. The number of ether oxygens (including phenoxy) is 1. The lowest BCUT2D eigenvalue weighted by molar-refractivity contribution is 0.122. The molecule has 0 bridgehead atoms. The number of hydrogen-bond acceptors (Lipinski definition) is 5. The van der Waals surface area contributed by atoms with Gasteiger partial charge < -0.3 is 15.4 Å². The Bertz CT molecular complexity index is 1350. The van der Waals surface area contributed by atoms with Crippen LogP contribution in [0.4, 0.5) is 11.4 Å². The topological polar surface area (TPSA) is 73.4 Å². The lowest BCUT2D eigenvalue weighted by atomic mass is 10.0. The molecule has 6 heteroatoms. The number of aryl methyl sites for hydroxylation is 2. The second-order valence-corrected chi connectivity index (χ2v) is 8.33. The molecule has 1 aromatic heterocycles. The summed E-state index contributed by atoms with van der Waals surface area (Å²) in [6.45, 7) is 7.11. The van der Waals surface area contributed by atoms with E-state index in [-0.39, 0.29) is 5.56 Å². The van der Waals surface area contributed by atoms with Gasteiger partial charge in [-0.1, -0.05) is 35.4 Å². The Balaban J connectivity index is 1.75. The number of anilines is 2. The summed E-state index contributed by atoms with van der Waals surface area (Å²) in [7, 11) is 0. The number of rotatable bonds is 3. The number of nitrogens with zero attached hydrogens (tertiary/aromatic N) is 3. The summed E-state index contributed by atoms with van der Waals surface area (Å²) in [5.41, 5.74) is 12.3. The average Bonchev–Trinajstić information content (AvgIpc) is 2.80. The fourth-order valence-corrected chi connectivity index (χ4v) is 4.41. The van der Waals surface area contributed by atoms with Gasteiger partial charge in [0.15, 0.2) is 0 Å². The minimum atomic E-state index is -0.181. The van der Waals surface area contributed by atoms with E-state index < -0.39 is 0 Å². The number of hydrogen-bond donors (Lipinski definition) is 1. The van der Waals surface area contributed by atoms with Gasteiger partial charge in [-0.05, 0) is 50.2 Å². The standard InChI is InChI=1S/C26H26N4O2/c1-17-13-18(2)15-19(14-17)25-21-5-3-4-6-22(21)26(31)30(28-25)24-16-20(7-8-23(24)27)29-9-11-32-12-10-29/h3-8,13-16H,9-12,27H2,1-2H3. The van der Waals surface area contributed by atoms with Crippen LogP contribution in [0.5, 0.6) is 0 Å². The Kier molecular flexibility index (Phi) is 5.15. The first-order valence-electron chi connectivity index (χ1n) is 10.8. The maximum atomic E-state index is 13.5. The minimum absolute atomic E-state index is 0.181. The van der Waals surface area contributed by atoms with Crippen molar-refractivity contribution in [2.45, 2.75) is 13.8 Å². The molecule has 1 saturated heterocycles. The van der Waals surface area contributed by atoms with Gasteiger partial charge >= 0.3 is 0 Å². The number of benzene rings is 3. The predicted molar refractivity (Wildman–Crippen MR) is 130 cm³/mol. The van der Waals surface area contributed by atoms with E-state index in [1.165, 1.54) is 4.68 Å². The van der Waals surface area contributed by atoms with Gasteiger partial charge in [-0.3, -0.25) is 4.79 Å². The van der Waals surface area contributed by atoms with Gasteiger partial charge in [0.2, 0.25) is 0 Å². The van der Waals surface area contributed by atoms with E-state index in [2.05, 4.69) is 36.9 Å². The molecule has 1 aliphatic rings. The lowest BCUT2D eigenvalue weighted by Gasteiger charge is -2.29. The molecule has 162 valence electrons. The minimum Gasteiger partial charge on any atom is -0.397 e. The fourth-order valence-electron chi connectivity index (χ4n) is 4.41. The van der Waals surface area contributed by atoms with Crippen molar-refractivity contribution in [3.63, 3.8) is 0 Å². The van der Waals surface area contributed by atoms with E-state index in [4.69, 9.17) is 15.6 Å². The summed E-state index contributed by atoms with van der Waals surface area (Å²) in [6, 6.07) is 19.7. The second-order valence-electron chi connectivity index (χ2n) is 8.33. The molecule has 3 aromatic carbocycles. The summed E-state index contributed by atoms with van der Waals surface area (Å²) >= 11 is 0.